The molecule has 21 heavy (non-hydrogen) atoms. The minimum atomic E-state index is 0.120. The number of halogens is 2. The second-order valence-electron chi connectivity index (χ2n) is 6.68. The van der Waals surface area contributed by atoms with Crippen LogP contribution in [0.1, 0.15) is 45.7 Å². The van der Waals surface area contributed by atoms with Gasteiger partial charge in [-0.05, 0) is 36.5 Å². The van der Waals surface area contributed by atoms with Gasteiger partial charge < -0.3 is 5.32 Å². The predicted octanol–water partition coefficient (Wildman–Crippen LogP) is 5.55. The first-order valence-electron chi connectivity index (χ1n) is 7.17. The van der Waals surface area contributed by atoms with E-state index >= 15 is 0 Å². The van der Waals surface area contributed by atoms with E-state index in [4.69, 9.17) is 23.2 Å². The number of aliphatic imine (C=N–C) groups is 1. The molecular weight excluding hydrogens is 323 g/mol. The third-order valence-corrected chi connectivity index (χ3v) is 5.01. The van der Waals surface area contributed by atoms with Crippen LogP contribution in [0, 0.1) is 5.41 Å². The molecule has 5 heteroatoms. The van der Waals surface area contributed by atoms with Gasteiger partial charge >= 0.3 is 0 Å². The molecule has 1 aliphatic heterocycles. The highest BCUT2D eigenvalue weighted by Gasteiger charge is 2.26. The lowest BCUT2D eigenvalue weighted by atomic mass is 9.90. The number of hydrogen-bond donors (Lipinski definition) is 1. The van der Waals surface area contributed by atoms with Gasteiger partial charge in [0.25, 0.3) is 0 Å². The van der Waals surface area contributed by atoms with E-state index in [1.54, 1.807) is 6.07 Å². The van der Waals surface area contributed by atoms with Crippen LogP contribution in [0.15, 0.2) is 23.2 Å². The molecule has 0 bridgehead atoms. The van der Waals surface area contributed by atoms with E-state index in [1.807, 2.05) is 23.9 Å². The van der Waals surface area contributed by atoms with Crippen LogP contribution in [0.2, 0.25) is 10.0 Å². The van der Waals surface area contributed by atoms with Crippen molar-refractivity contribution in [1.29, 1.82) is 0 Å². The Labute approximate surface area is 141 Å². The van der Waals surface area contributed by atoms with Gasteiger partial charge in [0.1, 0.15) is 0 Å². The third-order valence-electron chi connectivity index (χ3n) is 3.33. The van der Waals surface area contributed by atoms with Crippen molar-refractivity contribution in [2.75, 3.05) is 6.54 Å². The van der Waals surface area contributed by atoms with Gasteiger partial charge in [-0.25, -0.2) is 0 Å². The predicted molar refractivity (Wildman–Crippen MR) is 95.8 cm³/mol. The SMILES string of the molecule is CC(NC1=NCC(CC(C)(C)C)S1)c1ccc(Cl)cc1Cl. The molecule has 2 nitrogen and oxygen atoms in total. The lowest BCUT2D eigenvalue weighted by Gasteiger charge is -2.22. The van der Waals surface area contributed by atoms with Crippen LogP contribution in [0.5, 0.6) is 0 Å². The fourth-order valence-corrected chi connectivity index (χ4v) is 4.42. The lowest BCUT2D eigenvalue weighted by molar-refractivity contribution is 0.375. The molecule has 0 saturated heterocycles. The molecule has 0 radical (unpaired) electrons. The molecular formula is C16H22Cl2N2S. The van der Waals surface area contributed by atoms with E-state index in [9.17, 15) is 0 Å². The molecule has 0 saturated carbocycles. The summed E-state index contributed by atoms with van der Waals surface area (Å²) in [5, 5.41) is 6.40. The average molecular weight is 345 g/mol. The van der Waals surface area contributed by atoms with E-state index in [1.165, 1.54) is 6.42 Å². The smallest absolute Gasteiger partial charge is 0.157 e. The lowest BCUT2D eigenvalue weighted by Crippen LogP contribution is -2.24. The zero-order valence-electron chi connectivity index (χ0n) is 12.9. The Bertz CT molecular complexity index is 538. The zero-order valence-corrected chi connectivity index (χ0v) is 15.2. The van der Waals surface area contributed by atoms with Crippen LogP contribution < -0.4 is 5.32 Å². The Kier molecular flexibility index (Phi) is 5.50. The number of thioether (sulfide) groups is 1. The maximum atomic E-state index is 6.25. The summed E-state index contributed by atoms with van der Waals surface area (Å²) in [5.74, 6) is 0. The summed E-state index contributed by atoms with van der Waals surface area (Å²) >= 11 is 14.0. The van der Waals surface area contributed by atoms with Crippen molar-refractivity contribution in [2.45, 2.75) is 45.4 Å². The highest BCUT2D eigenvalue weighted by Crippen LogP contribution is 2.33. The van der Waals surface area contributed by atoms with Crippen molar-refractivity contribution in [3.63, 3.8) is 0 Å². The van der Waals surface area contributed by atoms with E-state index in [0.717, 1.165) is 17.3 Å². The van der Waals surface area contributed by atoms with Gasteiger partial charge in [0.15, 0.2) is 5.17 Å². The van der Waals surface area contributed by atoms with Gasteiger partial charge in [0, 0.05) is 15.3 Å². The van der Waals surface area contributed by atoms with Gasteiger partial charge in [-0.1, -0.05) is 61.8 Å². The summed E-state index contributed by atoms with van der Waals surface area (Å²) in [6.45, 7) is 9.81. The van der Waals surface area contributed by atoms with Crippen LogP contribution in [-0.4, -0.2) is 17.0 Å². The molecule has 0 fully saturated rings. The molecule has 1 aliphatic rings. The maximum Gasteiger partial charge on any atom is 0.157 e. The molecule has 116 valence electrons. The van der Waals surface area contributed by atoms with Gasteiger partial charge in [-0.2, -0.15) is 0 Å². The monoisotopic (exact) mass is 344 g/mol. The van der Waals surface area contributed by atoms with Crippen molar-refractivity contribution in [3.05, 3.63) is 33.8 Å². The van der Waals surface area contributed by atoms with E-state index in [-0.39, 0.29) is 6.04 Å². The Morgan fingerprint density at radius 3 is 2.71 bits per heavy atom. The number of nitrogens with one attached hydrogen (secondary N) is 1. The Morgan fingerprint density at radius 1 is 1.38 bits per heavy atom. The molecule has 1 aromatic rings. The van der Waals surface area contributed by atoms with Crippen LogP contribution in [0.3, 0.4) is 0 Å². The molecule has 0 aliphatic carbocycles. The minimum Gasteiger partial charge on any atom is -0.358 e. The second kappa shape index (κ2) is 6.80. The van der Waals surface area contributed by atoms with Gasteiger partial charge in [-0.15, -0.1) is 0 Å². The number of nitrogens with zero attached hydrogens (tertiary/aromatic N) is 1. The zero-order chi connectivity index (χ0) is 15.6. The summed E-state index contributed by atoms with van der Waals surface area (Å²) in [4.78, 5) is 4.61. The Balaban J connectivity index is 1.94. The largest absolute Gasteiger partial charge is 0.358 e. The number of benzene rings is 1. The Hall–Kier alpha value is -0.380. The standard InChI is InChI=1S/C16H22Cl2N2S/c1-10(13-6-5-11(17)7-14(13)18)20-15-19-9-12(21-15)8-16(2,3)4/h5-7,10,12H,8-9H2,1-4H3,(H,19,20). The summed E-state index contributed by atoms with van der Waals surface area (Å²) in [5.41, 5.74) is 1.39. The molecule has 1 N–H and O–H groups in total. The first-order valence-corrected chi connectivity index (χ1v) is 8.81. The normalized spacial score (nSPS) is 20.3. The van der Waals surface area contributed by atoms with Crippen LogP contribution >= 0.6 is 35.0 Å². The summed E-state index contributed by atoms with van der Waals surface area (Å²) in [7, 11) is 0. The molecule has 2 rings (SSSR count). The summed E-state index contributed by atoms with van der Waals surface area (Å²) < 4.78 is 0. The molecule has 1 aromatic carbocycles. The Morgan fingerprint density at radius 2 is 2.10 bits per heavy atom. The first-order chi connectivity index (χ1) is 9.74. The summed E-state index contributed by atoms with van der Waals surface area (Å²) in [6, 6.07) is 5.74. The van der Waals surface area contributed by atoms with Crippen molar-refractivity contribution < 1.29 is 0 Å². The molecule has 0 spiro atoms. The van der Waals surface area contributed by atoms with E-state index in [0.29, 0.717) is 20.7 Å². The molecule has 1 heterocycles. The summed E-state index contributed by atoms with van der Waals surface area (Å²) in [6.07, 6.45) is 1.17. The quantitative estimate of drug-likeness (QED) is 0.776. The van der Waals surface area contributed by atoms with Crippen LogP contribution in [-0.2, 0) is 0 Å². The van der Waals surface area contributed by atoms with Crippen molar-refractivity contribution in [2.24, 2.45) is 10.4 Å². The van der Waals surface area contributed by atoms with Crippen molar-refractivity contribution in [3.8, 4) is 0 Å². The first kappa shape index (κ1) is 17.0. The van der Waals surface area contributed by atoms with Crippen LogP contribution in [0.4, 0.5) is 0 Å². The topological polar surface area (TPSA) is 24.4 Å². The minimum absolute atomic E-state index is 0.120. The van der Waals surface area contributed by atoms with Crippen LogP contribution in [0.25, 0.3) is 0 Å². The maximum absolute atomic E-state index is 6.25. The molecule has 0 aromatic heterocycles. The third kappa shape index (κ3) is 5.08. The highest BCUT2D eigenvalue weighted by molar-refractivity contribution is 8.14. The van der Waals surface area contributed by atoms with Gasteiger partial charge in [0.2, 0.25) is 0 Å². The molecule has 2 unspecified atom stereocenters. The van der Waals surface area contributed by atoms with E-state index < -0.39 is 0 Å². The average Bonchev–Trinajstić information content (AvgIpc) is 2.73. The van der Waals surface area contributed by atoms with Gasteiger partial charge in [0.05, 0.1) is 12.6 Å². The number of amidine groups is 1. The molecule has 2 atom stereocenters. The number of rotatable bonds is 3. The number of hydrogen-bond acceptors (Lipinski definition) is 3. The second-order valence-corrected chi connectivity index (χ2v) is 8.82. The van der Waals surface area contributed by atoms with Crippen molar-refractivity contribution >= 4 is 40.1 Å². The van der Waals surface area contributed by atoms with Crippen molar-refractivity contribution in [1.82, 2.24) is 5.32 Å². The van der Waals surface area contributed by atoms with E-state index in [2.05, 4.69) is 38.0 Å². The molecule has 0 amide bonds. The highest BCUT2D eigenvalue weighted by atomic mass is 35.5. The fourth-order valence-electron chi connectivity index (χ4n) is 2.40. The fraction of sp³-hybridized carbons (Fsp3) is 0.562. The van der Waals surface area contributed by atoms with Gasteiger partial charge in [-0.3, -0.25) is 4.99 Å².